The summed E-state index contributed by atoms with van der Waals surface area (Å²) in [6.07, 6.45) is 8.51. The highest BCUT2D eigenvalue weighted by Gasteiger charge is 2.29. The lowest BCUT2D eigenvalue weighted by molar-refractivity contribution is -0.127. The van der Waals surface area contributed by atoms with E-state index in [1.807, 2.05) is 17.0 Å². The van der Waals surface area contributed by atoms with Crippen LogP contribution in [0.5, 0.6) is 0 Å². The van der Waals surface area contributed by atoms with Crippen molar-refractivity contribution >= 4 is 23.2 Å². The number of carbonyl (C=O) groups is 2. The Morgan fingerprint density at radius 3 is 2.58 bits per heavy atom. The molecule has 2 saturated heterocycles. The Morgan fingerprint density at radius 2 is 1.87 bits per heavy atom. The smallest absolute Gasteiger partial charge is 0.224 e. The SMILES string of the molecule is CCN1CC(CNC2CCN(c3cccc(NC(=O)CC4CCCC4)c3)CC2)CC1=O. The molecule has 170 valence electrons. The van der Waals surface area contributed by atoms with Crippen LogP contribution in [-0.2, 0) is 9.59 Å². The minimum Gasteiger partial charge on any atom is -0.371 e. The van der Waals surface area contributed by atoms with Gasteiger partial charge in [0.15, 0.2) is 0 Å². The number of amides is 2. The standard InChI is InChI=1S/C25H38N4O2/c1-2-28-18-20(15-25(28)31)17-26-21-10-12-29(13-11-21)23-9-5-8-22(16-23)27-24(30)14-19-6-3-4-7-19/h5,8-9,16,19-21,26H,2-4,6-7,10-15,17-18H2,1H3,(H,27,30). The van der Waals surface area contributed by atoms with Gasteiger partial charge >= 0.3 is 0 Å². The molecule has 1 unspecified atom stereocenters. The minimum absolute atomic E-state index is 0.152. The Labute approximate surface area is 186 Å². The highest BCUT2D eigenvalue weighted by atomic mass is 16.2. The summed E-state index contributed by atoms with van der Waals surface area (Å²) in [5.41, 5.74) is 2.10. The molecule has 1 aromatic rings. The molecule has 2 aliphatic heterocycles. The molecule has 0 spiro atoms. The predicted octanol–water partition coefficient (Wildman–Crippen LogP) is 3.63. The molecule has 2 N–H and O–H groups in total. The van der Waals surface area contributed by atoms with Gasteiger partial charge in [-0.05, 0) is 62.6 Å². The molecular weight excluding hydrogens is 388 g/mol. The summed E-state index contributed by atoms with van der Waals surface area (Å²) >= 11 is 0. The van der Waals surface area contributed by atoms with Crippen molar-refractivity contribution in [1.82, 2.24) is 10.2 Å². The maximum absolute atomic E-state index is 12.4. The van der Waals surface area contributed by atoms with Crippen LogP contribution in [0, 0.1) is 11.8 Å². The van der Waals surface area contributed by atoms with E-state index >= 15 is 0 Å². The molecule has 1 atom stereocenters. The zero-order valence-corrected chi connectivity index (χ0v) is 18.9. The second-order valence-electron chi connectivity index (χ2n) is 9.63. The first kappa shape index (κ1) is 22.1. The van der Waals surface area contributed by atoms with E-state index in [0.717, 1.165) is 51.3 Å². The van der Waals surface area contributed by atoms with Crippen LogP contribution in [0.1, 0.15) is 58.3 Å². The second kappa shape index (κ2) is 10.5. The quantitative estimate of drug-likeness (QED) is 0.666. The first-order valence-corrected chi connectivity index (χ1v) is 12.3. The van der Waals surface area contributed by atoms with E-state index in [0.29, 0.717) is 36.6 Å². The number of rotatable bonds is 8. The van der Waals surface area contributed by atoms with Gasteiger partial charge in [0, 0.05) is 63.0 Å². The Kier molecular flexibility index (Phi) is 7.49. The van der Waals surface area contributed by atoms with E-state index in [4.69, 9.17) is 0 Å². The fourth-order valence-electron chi connectivity index (χ4n) is 5.44. The summed E-state index contributed by atoms with van der Waals surface area (Å²) in [6, 6.07) is 8.82. The summed E-state index contributed by atoms with van der Waals surface area (Å²) in [5, 5.41) is 6.82. The molecule has 6 heteroatoms. The van der Waals surface area contributed by atoms with E-state index < -0.39 is 0 Å². The Bertz CT molecular complexity index is 754. The number of hydrogen-bond donors (Lipinski definition) is 2. The number of likely N-dealkylation sites (tertiary alicyclic amines) is 1. The minimum atomic E-state index is 0.152. The van der Waals surface area contributed by atoms with E-state index in [-0.39, 0.29) is 5.91 Å². The van der Waals surface area contributed by atoms with Gasteiger partial charge in [0.25, 0.3) is 0 Å². The fraction of sp³-hybridized carbons (Fsp3) is 0.680. The lowest BCUT2D eigenvalue weighted by atomic mass is 10.0. The summed E-state index contributed by atoms with van der Waals surface area (Å²) in [5.74, 6) is 1.48. The zero-order valence-electron chi connectivity index (χ0n) is 18.9. The summed E-state index contributed by atoms with van der Waals surface area (Å²) in [7, 11) is 0. The van der Waals surface area contributed by atoms with E-state index in [1.165, 1.54) is 31.4 Å². The molecule has 2 amide bonds. The van der Waals surface area contributed by atoms with Gasteiger partial charge in [-0.1, -0.05) is 18.9 Å². The largest absolute Gasteiger partial charge is 0.371 e. The van der Waals surface area contributed by atoms with Gasteiger partial charge in [-0.25, -0.2) is 0 Å². The van der Waals surface area contributed by atoms with Gasteiger partial charge in [0.2, 0.25) is 11.8 Å². The molecule has 3 aliphatic rings. The van der Waals surface area contributed by atoms with Crippen LogP contribution in [0.3, 0.4) is 0 Å². The van der Waals surface area contributed by atoms with Gasteiger partial charge in [0.1, 0.15) is 0 Å². The van der Waals surface area contributed by atoms with Gasteiger partial charge in [0.05, 0.1) is 0 Å². The number of nitrogens with zero attached hydrogens (tertiary/aromatic N) is 2. The zero-order chi connectivity index (χ0) is 21.6. The van der Waals surface area contributed by atoms with E-state index in [1.54, 1.807) is 0 Å². The van der Waals surface area contributed by atoms with Crippen molar-refractivity contribution in [3.8, 4) is 0 Å². The number of nitrogens with one attached hydrogen (secondary N) is 2. The molecule has 3 fully saturated rings. The maximum Gasteiger partial charge on any atom is 0.224 e. The van der Waals surface area contributed by atoms with Crippen LogP contribution < -0.4 is 15.5 Å². The Morgan fingerprint density at radius 1 is 1.10 bits per heavy atom. The molecule has 31 heavy (non-hydrogen) atoms. The Balaban J connectivity index is 1.21. The molecule has 0 aromatic heterocycles. The lowest BCUT2D eigenvalue weighted by Gasteiger charge is -2.34. The molecule has 1 saturated carbocycles. The van der Waals surface area contributed by atoms with E-state index in [2.05, 4.69) is 34.6 Å². The number of benzene rings is 1. The predicted molar refractivity (Wildman–Crippen MR) is 125 cm³/mol. The molecule has 1 aromatic carbocycles. The van der Waals surface area contributed by atoms with Crippen molar-refractivity contribution in [3.05, 3.63) is 24.3 Å². The highest BCUT2D eigenvalue weighted by Crippen LogP contribution is 2.28. The van der Waals surface area contributed by atoms with Crippen LogP contribution in [0.15, 0.2) is 24.3 Å². The van der Waals surface area contributed by atoms with Crippen LogP contribution >= 0.6 is 0 Å². The van der Waals surface area contributed by atoms with Gasteiger partial charge in [-0.15, -0.1) is 0 Å². The monoisotopic (exact) mass is 426 g/mol. The fourth-order valence-corrected chi connectivity index (χ4v) is 5.44. The van der Waals surface area contributed by atoms with Crippen LogP contribution in [0.4, 0.5) is 11.4 Å². The number of anilines is 2. The number of carbonyl (C=O) groups excluding carboxylic acids is 2. The third kappa shape index (κ3) is 6.00. The van der Waals surface area contributed by atoms with Crippen LogP contribution in [0.2, 0.25) is 0 Å². The van der Waals surface area contributed by atoms with E-state index in [9.17, 15) is 9.59 Å². The molecule has 4 rings (SSSR count). The molecule has 0 radical (unpaired) electrons. The summed E-state index contributed by atoms with van der Waals surface area (Å²) < 4.78 is 0. The van der Waals surface area contributed by atoms with Gasteiger partial charge in [-0.3, -0.25) is 9.59 Å². The lowest BCUT2D eigenvalue weighted by Crippen LogP contribution is -2.44. The van der Waals surface area contributed by atoms with Crippen molar-refractivity contribution in [1.29, 1.82) is 0 Å². The number of piperidine rings is 1. The summed E-state index contributed by atoms with van der Waals surface area (Å²) in [4.78, 5) is 28.7. The molecule has 1 aliphatic carbocycles. The van der Waals surface area contributed by atoms with Crippen molar-refractivity contribution in [2.75, 3.05) is 42.9 Å². The van der Waals surface area contributed by atoms with Crippen LogP contribution in [0.25, 0.3) is 0 Å². The second-order valence-corrected chi connectivity index (χ2v) is 9.63. The van der Waals surface area contributed by atoms with Crippen molar-refractivity contribution in [2.45, 2.75) is 64.3 Å². The van der Waals surface area contributed by atoms with Crippen molar-refractivity contribution in [3.63, 3.8) is 0 Å². The maximum atomic E-state index is 12.4. The molecule has 6 nitrogen and oxygen atoms in total. The average molecular weight is 427 g/mol. The van der Waals surface area contributed by atoms with Crippen molar-refractivity contribution in [2.24, 2.45) is 11.8 Å². The van der Waals surface area contributed by atoms with Crippen LogP contribution in [-0.4, -0.2) is 55.5 Å². The molecule has 0 bridgehead atoms. The first-order valence-electron chi connectivity index (χ1n) is 12.3. The Hall–Kier alpha value is -2.08. The highest BCUT2D eigenvalue weighted by molar-refractivity contribution is 5.91. The van der Waals surface area contributed by atoms with Gasteiger partial charge in [-0.2, -0.15) is 0 Å². The third-order valence-electron chi connectivity index (χ3n) is 7.31. The average Bonchev–Trinajstić information content (AvgIpc) is 3.41. The van der Waals surface area contributed by atoms with Gasteiger partial charge < -0.3 is 20.4 Å². The topological polar surface area (TPSA) is 64.7 Å². The first-order chi connectivity index (χ1) is 15.1. The van der Waals surface area contributed by atoms with Crippen molar-refractivity contribution < 1.29 is 9.59 Å². The number of hydrogen-bond acceptors (Lipinski definition) is 4. The molecular formula is C25H38N4O2. The normalized spacial score (nSPS) is 23.0. The third-order valence-corrected chi connectivity index (χ3v) is 7.31. The summed E-state index contributed by atoms with van der Waals surface area (Å²) in [6.45, 7) is 6.76. The molecule has 2 heterocycles.